The average molecular weight is 372 g/mol. The molecule has 1 aliphatic rings. The number of allylic oxidation sites excluding steroid dienone is 4. The zero-order valence-electron chi connectivity index (χ0n) is 15.4. The molecule has 0 aliphatic heterocycles. The van der Waals surface area contributed by atoms with Crippen molar-refractivity contribution in [2.45, 2.75) is 38.3 Å². The van der Waals surface area contributed by atoms with Crippen LogP contribution in [-0.4, -0.2) is 6.61 Å². The average Bonchev–Trinajstić information content (AvgIpc) is 2.68. The van der Waals surface area contributed by atoms with E-state index < -0.39 is 17.3 Å². The predicted molar refractivity (Wildman–Crippen MR) is 102 cm³/mol. The molecule has 1 aliphatic carbocycles. The number of rotatable bonds is 7. The zero-order chi connectivity index (χ0) is 19.3. The zero-order valence-corrected chi connectivity index (χ0v) is 15.4. The molecular formula is C23H23F3O. The summed E-state index contributed by atoms with van der Waals surface area (Å²) in [5, 5.41) is 0. The highest BCUT2D eigenvalue weighted by Gasteiger charge is 2.40. The van der Waals surface area contributed by atoms with Crippen molar-refractivity contribution in [2.75, 3.05) is 6.61 Å². The van der Waals surface area contributed by atoms with Crippen LogP contribution in [-0.2, 0) is 5.67 Å². The van der Waals surface area contributed by atoms with E-state index >= 15 is 4.39 Å². The summed E-state index contributed by atoms with van der Waals surface area (Å²) >= 11 is 0. The smallest absolute Gasteiger partial charge is 0.167 e. The van der Waals surface area contributed by atoms with Gasteiger partial charge in [-0.15, -0.1) is 0 Å². The molecule has 0 radical (unpaired) electrons. The quantitative estimate of drug-likeness (QED) is 0.489. The van der Waals surface area contributed by atoms with E-state index in [0.717, 1.165) is 25.3 Å². The van der Waals surface area contributed by atoms with Crippen LogP contribution < -0.4 is 4.74 Å². The minimum atomic E-state index is -2.14. The van der Waals surface area contributed by atoms with E-state index in [0.29, 0.717) is 23.5 Å². The fourth-order valence-corrected chi connectivity index (χ4v) is 3.32. The molecule has 0 amide bonds. The number of alkyl halides is 1. The third kappa shape index (κ3) is 4.10. The number of benzene rings is 2. The molecule has 0 heterocycles. The Morgan fingerprint density at radius 1 is 1.07 bits per heavy atom. The summed E-state index contributed by atoms with van der Waals surface area (Å²) in [5.41, 5.74) is -1.53. The Labute approximate surface area is 158 Å². The summed E-state index contributed by atoms with van der Waals surface area (Å²) in [6.07, 6.45) is 8.06. The Balaban J connectivity index is 1.93. The molecule has 142 valence electrons. The second-order valence-corrected chi connectivity index (χ2v) is 6.70. The first-order chi connectivity index (χ1) is 13.1. The summed E-state index contributed by atoms with van der Waals surface area (Å²) in [6, 6.07) is 10.7. The lowest BCUT2D eigenvalue weighted by molar-refractivity contribution is 0.238. The molecule has 2 aromatic rings. The molecule has 0 spiro atoms. The lowest BCUT2D eigenvalue weighted by Gasteiger charge is -2.30. The molecule has 0 N–H and O–H groups in total. The van der Waals surface area contributed by atoms with Crippen molar-refractivity contribution >= 4 is 5.57 Å². The van der Waals surface area contributed by atoms with E-state index in [9.17, 15) is 8.78 Å². The van der Waals surface area contributed by atoms with Crippen LogP contribution in [0.4, 0.5) is 13.2 Å². The van der Waals surface area contributed by atoms with E-state index in [4.69, 9.17) is 4.74 Å². The van der Waals surface area contributed by atoms with Gasteiger partial charge in [0, 0.05) is 17.6 Å². The fraction of sp³-hybridized carbons (Fsp3) is 0.304. The van der Waals surface area contributed by atoms with Gasteiger partial charge in [0.2, 0.25) is 0 Å². The highest BCUT2D eigenvalue weighted by molar-refractivity contribution is 5.77. The largest absolute Gasteiger partial charge is 0.494 e. The SMILES string of the molecule is CCCCCOc1cccc(C2=CC=CCC2(F)c2cccc(F)c2F)c1. The molecule has 2 aromatic carbocycles. The van der Waals surface area contributed by atoms with Crippen molar-refractivity contribution in [1.82, 2.24) is 0 Å². The van der Waals surface area contributed by atoms with Crippen molar-refractivity contribution in [1.29, 1.82) is 0 Å². The molecule has 1 nitrogen and oxygen atoms in total. The second-order valence-electron chi connectivity index (χ2n) is 6.70. The molecule has 27 heavy (non-hydrogen) atoms. The van der Waals surface area contributed by atoms with Gasteiger partial charge in [-0.1, -0.05) is 62.3 Å². The second kappa shape index (κ2) is 8.47. The third-order valence-corrected chi connectivity index (χ3v) is 4.77. The standard InChI is InChI=1S/C23H23F3O/c1-2-3-6-15-27-18-10-7-9-17(16-18)19-11-4-5-14-23(19,26)20-12-8-13-21(24)22(20)25/h4-5,7-13,16H,2-3,6,14-15H2,1H3. The fourth-order valence-electron chi connectivity index (χ4n) is 3.32. The molecule has 0 saturated carbocycles. The van der Waals surface area contributed by atoms with Crippen LogP contribution >= 0.6 is 0 Å². The Kier molecular flexibility index (Phi) is 6.04. The Hall–Kier alpha value is -2.49. The number of hydrogen-bond acceptors (Lipinski definition) is 1. The van der Waals surface area contributed by atoms with Crippen LogP contribution in [0.2, 0.25) is 0 Å². The number of unbranched alkanes of at least 4 members (excludes halogenated alkanes) is 2. The first kappa shape index (κ1) is 19.3. The maximum Gasteiger partial charge on any atom is 0.167 e. The summed E-state index contributed by atoms with van der Waals surface area (Å²) in [4.78, 5) is 0. The molecule has 3 rings (SSSR count). The summed E-state index contributed by atoms with van der Waals surface area (Å²) in [7, 11) is 0. The van der Waals surface area contributed by atoms with E-state index in [1.807, 2.05) is 6.07 Å². The van der Waals surface area contributed by atoms with Crippen LogP contribution in [0.5, 0.6) is 5.75 Å². The molecule has 0 saturated heterocycles. The summed E-state index contributed by atoms with van der Waals surface area (Å²) in [6.45, 7) is 2.71. The highest BCUT2D eigenvalue weighted by atomic mass is 19.2. The Morgan fingerprint density at radius 3 is 2.70 bits per heavy atom. The molecular weight excluding hydrogens is 349 g/mol. The normalized spacial score (nSPS) is 19.0. The third-order valence-electron chi connectivity index (χ3n) is 4.77. The van der Waals surface area contributed by atoms with E-state index in [-0.39, 0.29) is 12.0 Å². The molecule has 0 aromatic heterocycles. The van der Waals surface area contributed by atoms with E-state index in [1.165, 1.54) is 12.1 Å². The van der Waals surface area contributed by atoms with Gasteiger partial charge in [-0.2, -0.15) is 0 Å². The van der Waals surface area contributed by atoms with Crippen LogP contribution in [0.1, 0.15) is 43.7 Å². The lowest BCUT2D eigenvalue weighted by Crippen LogP contribution is -2.25. The predicted octanol–water partition coefficient (Wildman–Crippen LogP) is 6.74. The molecule has 0 bridgehead atoms. The van der Waals surface area contributed by atoms with Gasteiger partial charge in [0.15, 0.2) is 17.3 Å². The maximum atomic E-state index is 16.0. The number of hydrogen-bond donors (Lipinski definition) is 0. The van der Waals surface area contributed by atoms with Crippen LogP contribution in [0.15, 0.2) is 60.7 Å². The van der Waals surface area contributed by atoms with Crippen molar-refractivity contribution in [3.05, 3.63) is 83.5 Å². The van der Waals surface area contributed by atoms with Crippen molar-refractivity contribution in [3.8, 4) is 5.75 Å². The highest BCUT2D eigenvalue weighted by Crippen LogP contribution is 2.46. The van der Waals surface area contributed by atoms with Crippen LogP contribution in [0, 0.1) is 11.6 Å². The monoisotopic (exact) mass is 372 g/mol. The molecule has 1 atom stereocenters. The van der Waals surface area contributed by atoms with Crippen molar-refractivity contribution < 1.29 is 17.9 Å². The van der Waals surface area contributed by atoms with Gasteiger partial charge >= 0.3 is 0 Å². The molecule has 0 fully saturated rings. The van der Waals surface area contributed by atoms with Gasteiger partial charge in [0.05, 0.1) is 6.61 Å². The van der Waals surface area contributed by atoms with Gasteiger partial charge < -0.3 is 4.74 Å². The molecule has 1 unspecified atom stereocenters. The summed E-state index contributed by atoms with van der Waals surface area (Å²) < 4.78 is 49.8. The Bertz CT molecular complexity index is 856. The van der Waals surface area contributed by atoms with Gasteiger partial charge in [0.25, 0.3) is 0 Å². The molecule has 4 heteroatoms. The van der Waals surface area contributed by atoms with Gasteiger partial charge in [-0.25, -0.2) is 13.2 Å². The summed E-state index contributed by atoms with van der Waals surface area (Å²) in [5.74, 6) is -1.55. The minimum absolute atomic E-state index is 0.0548. The van der Waals surface area contributed by atoms with Crippen LogP contribution in [0.3, 0.4) is 0 Å². The number of ether oxygens (including phenoxy) is 1. The lowest BCUT2D eigenvalue weighted by atomic mass is 9.78. The topological polar surface area (TPSA) is 9.23 Å². The Morgan fingerprint density at radius 2 is 1.89 bits per heavy atom. The van der Waals surface area contributed by atoms with Crippen molar-refractivity contribution in [3.63, 3.8) is 0 Å². The van der Waals surface area contributed by atoms with Crippen molar-refractivity contribution in [2.24, 2.45) is 0 Å². The van der Waals surface area contributed by atoms with E-state index in [1.54, 1.807) is 36.4 Å². The van der Waals surface area contributed by atoms with E-state index in [2.05, 4.69) is 6.92 Å². The first-order valence-electron chi connectivity index (χ1n) is 9.30. The van der Waals surface area contributed by atoms with Gasteiger partial charge in [-0.3, -0.25) is 0 Å². The minimum Gasteiger partial charge on any atom is -0.494 e. The number of halogens is 3. The first-order valence-corrected chi connectivity index (χ1v) is 9.30. The van der Waals surface area contributed by atoms with Crippen LogP contribution in [0.25, 0.3) is 5.57 Å². The maximum absolute atomic E-state index is 16.0. The van der Waals surface area contributed by atoms with Gasteiger partial charge in [0.1, 0.15) is 5.75 Å². The van der Waals surface area contributed by atoms with Gasteiger partial charge in [-0.05, 0) is 30.2 Å².